The van der Waals surface area contributed by atoms with Crippen LogP contribution in [-0.2, 0) is 0 Å². The highest BCUT2D eigenvalue weighted by molar-refractivity contribution is 6.29. The van der Waals surface area contributed by atoms with Gasteiger partial charge in [0, 0.05) is 6.54 Å². The fourth-order valence-corrected chi connectivity index (χ4v) is 1.20. The number of hydrogen-bond acceptors (Lipinski definition) is 3. The average molecular weight is 240 g/mol. The van der Waals surface area contributed by atoms with Gasteiger partial charge in [-0.05, 0) is 6.92 Å². The minimum absolute atomic E-state index is 0.0770. The van der Waals surface area contributed by atoms with Gasteiger partial charge >= 0.3 is 6.18 Å². The molecule has 0 aliphatic carbocycles. The SMILES string of the molecule is CCN(CC(F)(F)F)c1cncc(Cl)n1. The van der Waals surface area contributed by atoms with E-state index in [1.807, 2.05) is 0 Å². The molecule has 1 rings (SSSR count). The Bertz CT molecular complexity index is 329. The molecule has 84 valence electrons. The number of alkyl halides is 3. The van der Waals surface area contributed by atoms with Crippen LogP contribution in [0.5, 0.6) is 0 Å². The molecular weight excluding hydrogens is 231 g/mol. The number of rotatable bonds is 3. The first-order valence-corrected chi connectivity index (χ1v) is 4.59. The van der Waals surface area contributed by atoms with E-state index >= 15 is 0 Å². The normalized spacial score (nSPS) is 11.5. The van der Waals surface area contributed by atoms with Crippen molar-refractivity contribution in [3.63, 3.8) is 0 Å². The maximum Gasteiger partial charge on any atom is 0.405 e. The second-order valence-electron chi connectivity index (χ2n) is 2.83. The summed E-state index contributed by atoms with van der Waals surface area (Å²) >= 11 is 5.54. The van der Waals surface area contributed by atoms with Crippen LogP contribution in [0.25, 0.3) is 0 Å². The third kappa shape index (κ3) is 3.91. The van der Waals surface area contributed by atoms with Crippen LogP contribution in [0.3, 0.4) is 0 Å². The van der Waals surface area contributed by atoms with Crippen LogP contribution in [0, 0.1) is 0 Å². The molecule has 15 heavy (non-hydrogen) atoms. The molecule has 3 nitrogen and oxygen atoms in total. The minimum Gasteiger partial charge on any atom is -0.346 e. The van der Waals surface area contributed by atoms with Crippen LogP contribution in [0.4, 0.5) is 19.0 Å². The quantitative estimate of drug-likeness (QED) is 0.812. The van der Waals surface area contributed by atoms with Crippen molar-refractivity contribution in [3.05, 3.63) is 17.5 Å². The zero-order valence-electron chi connectivity index (χ0n) is 7.92. The Morgan fingerprint density at radius 3 is 2.53 bits per heavy atom. The highest BCUT2D eigenvalue weighted by Crippen LogP contribution is 2.20. The fraction of sp³-hybridized carbons (Fsp3) is 0.500. The average Bonchev–Trinajstić information content (AvgIpc) is 2.13. The minimum atomic E-state index is -4.26. The second kappa shape index (κ2) is 4.65. The summed E-state index contributed by atoms with van der Waals surface area (Å²) in [5, 5.41) is 0.0770. The van der Waals surface area contributed by atoms with Crippen LogP contribution in [0.1, 0.15) is 6.92 Å². The number of nitrogens with zero attached hydrogens (tertiary/aromatic N) is 3. The predicted octanol–water partition coefficient (Wildman–Crippen LogP) is 2.52. The molecule has 0 N–H and O–H groups in total. The molecule has 0 saturated heterocycles. The van der Waals surface area contributed by atoms with Crippen molar-refractivity contribution in [2.24, 2.45) is 0 Å². The van der Waals surface area contributed by atoms with Crippen molar-refractivity contribution in [1.29, 1.82) is 0 Å². The molecule has 1 aromatic rings. The third-order valence-corrected chi connectivity index (χ3v) is 1.85. The van der Waals surface area contributed by atoms with Crippen molar-refractivity contribution in [2.75, 3.05) is 18.0 Å². The molecule has 7 heteroatoms. The molecule has 0 amide bonds. The molecule has 0 saturated carbocycles. The molecular formula is C8H9ClF3N3. The van der Waals surface area contributed by atoms with E-state index in [4.69, 9.17) is 11.6 Å². The first kappa shape index (κ1) is 12.0. The van der Waals surface area contributed by atoms with Gasteiger partial charge in [0.15, 0.2) is 0 Å². The molecule has 1 aromatic heterocycles. The number of anilines is 1. The Morgan fingerprint density at radius 2 is 2.07 bits per heavy atom. The smallest absolute Gasteiger partial charge is 0.346 e. The van der Waals surface area contributed by atoms with E-state index in [1.54, 1.807) is 6.92 Å². The summed E-state index contributed by atoms with van der Waals surface area (Å²) in [6.07, 6.45) is -1.74. The van der Waals surface area contributed by atoms with Gasteiger partial charge in [0.2, 0.25) is 0 Å². The Balaban J connectivity index is 2.83. The summed E-state index contributed by atoms with van der Waals surface area (Å²) in [6, 6.07) is 0. The van der Waals surface area contributed by atoms with E-state index in [9.17, 15) is 13.2 Å². The standard InChI is InChI=1S/C8H9ClF3N3/c1-2-15(5-8(10,11)12)7-4-13-3-6(9)14-7/h3-4H,2,5H2,1H3. The van der Waals surface area contributed by atoms with Gasteiger partial charge in [-0.2, -0.15) is 13.2 Å². The lowest BCUT2D eigenvalue weighted by molar-refractivity contribution is -0.119. The van der Waals surface area contributed by atoms with Crippen molar-refractivity contribution >= 4 is 17.4 Å². The largest absolute Gasteiger partial charge is 0.405 e. The van der Waals surface area contributed by atoms with E-state index in [2.05, 4.69) is 9.97 Å². The van der Waals surface area contributed by atoms with Crippen molar-refractivity contribution in [3.8, 4) is 0 Å². The number of aromatic nitrogens is 2. The highest BCUT2D eigenvalue weighted by Gasteiger charge is 2.30. The molecule has 0 aliphatic heterocycles. The molecule has 0 bridgehead atoms. The molecule has 0 spiro atoms. The Kier molecular flexibility index (Phi) is 3.73. The van der Waals surface area contributed by atoms with Crippen LogP contribution >= 0.6 is 11.6 Å². The third-order valence-electron chi connectivity index (χ3n) is 1.67. The molecule has 0 fully saturated rings. The van der Waals surface area contributed by atoms with Crippen LogP contribution < -0.4 is 4.90 Å². The molecule has 0 atom stereocenters. The van der Waals surface area contributed by atoms with Gasteiger partial charge < -0.3 is 4.90 Å². The Hall–Kier alpha value is -1.04. The Morgan fingerprint density at radius 1 is 1.40 bits per heavy atom. The van der Waals surface area contributed by atoms with Crippen LogP contribution in [-0.4, -0.2) is 29.2 Å². The van der Waals surface area contributed by atoms with Gasteiger partial charge in [0.25, 0.3) is 0 Å². The predicted molar refractivity (Wildman–Crippen MR) is 51.0 cm³/mol. The second-order valence-corrected chi connectivity index (χ2v) is 3.22. The summed E-state index contributed by atoms with van der Waals surface area (Å²) in [5.74, 6) is 0.127. The van der Waals surface area contributed by atoms with E-state index < -0.39 is 12.7 Å². The lowest BCUT2D eigenvalue weighted by Gasteiger charge is -2.22. The van der Waals surface area contributed by atoms with Crippen LogP contribution in [0.2, 0.25) is 5.15 Å². The van der Waals surface area contributed by atoms with Crippen molar-refractivity contribution < 1.29 is 13.2 Å². The van der Waals surface area contributed by atoms with Crippen LogP contribution in [0.15, 0.2) is 12.4 Å². The molecule has 0 unspecified atom stereocenters. The van der Waals surface area contributed by atoms with E-state index in [0.717, 1.165) is 4.90 Å². The van der Waals surface area contributed by atoms with Gasteiger partial charge in [-0.15, -0.1) is 0 Å². The number of hydrogen-bond donors (Lipinski definition) is 0. The summed E-state index contributed by atoms with van der Waals surface area (Å²) in [5.41, 5.74) is 0. The summed E-state index contributed by atoms with van der Waals surface area (Å²) in [6.45, 7) is 0.737. The number of halogens is 4. The Labute approximate surface area is 89.9 Å². The molecule has 1 heterocycles. The zero-order chi connectivity index (χ0) is 11.5. The summed E-state index contributed by atoms with van der Waals surface area (Å²) in [7, 11) is 0. The van der Waals surface area contributed by atoms with Crippen molar-refractivity contribution in [2.45, 2.75) is 13.1 Å². The van der Waals surface area contributed by atoms with Crippen molar-refractivity contribution in [1.82, 2.24) is 9.97 Å². The van der Waals surface area contributed by atoms with Gasteiger partial charge in [-0.25, -0.2) is 4.98 Å². The summed E-state index contributed by atoms with van der Waals surface area (Å²) in [4.78, 5) is 8.49. The maximum atomic E-state index is 12.2. The fourth-order valence-electron chi connectivity index (χ4n) is 1.06. The van der Waals surface area contributed by atoms with Gasteiger partial charge in [0.05, 0.1) is 12.4 Å². The molecule has 0 radical (unpaired) electrons. The maximum absolute atomic E-state index is 12.2. The summed E-state index contributed by atoms with van der Waals surface area (Å²) < 4.78 is 36.5. The highest BCUT2D eigenvalue weighted by atomic mass is 35.5. The van der Waals surface area contributed by atoms with E-state index in [0.29, 0.717) is 0 Å². The van der Waals surface area contributed by atoms with E-state index in [1.165, 1.54) is 12.4 Å². The lowest BCUT2D eigenvalue weighted by Crippen LogP contribution is -2.34. The van der Waals surface area contributed by atoms with Gasteiger partial charge in [-0.1, -0.05) is 11.6 Å². The molecule has 0 aromatic carbocycles. The first-order valence-electron chi connectivity index (χ1n) is 4.21. The topological polar surface area (TPSA) is 29.0 Å². The van der Waals surface area contributed by atoms with Gasteiger partial charge in [0.1, 0.15) is 17.5 Å². The zero-order valence-corrected chi connectivity index (χ0v) is 8.68. The monoisotopic (exact) mass is 239 g/mol. The first-order chi connectivity index (χ1) is 6.92. The lowest BCUT2D eigenvalue weighted by atomic mass is 10.4. The van der Waals surface area contributed by atoms with E-state index in [-0.39, 0.29) is 17.5 Å². The molecule has 0 aliphatic rings. The van der Waals surface area contributed by atoms with Gasteiger partial charge in [-0.3, -0.25) is 4.98 Å².